The molecule has 1 aromatic carbocycles. The predicted octanol–water partition coefficient (Wildman–Crippen LogP) is 2.82. The van der Waals surface area contributed by atoms with Gasteiger partial charge in [-0.1, -0.05) is 23.7 Å². The molecule has 2 saturated heterocycles. The summed E-state index contributed by atoms with van der Waals surface area (Å²) in [5.74, 6) is 0.540. The van der Waals surface area contributed by atoms with Crippen LogP contribution in [0.1, 0.15) is 39.5 Å². The van der Waals surface area contributed by atoms with E-state index < -0.39 is 0 Å². The highest BCUT2D eigenvalue weighted by atomic mass is 35.5. The molecule has 3 amide bonds. The van der Waals surface area contributed by atoms with E-state index in [1.54, 1.807) is 11.0 Å². The Hall–Kier alpha value is -2.28. The maximum atomic E-state index is 12.9. The van der Waals surface area contributed by atoms with E-state index >= 15 is 0 Å². The van der Waals surface area contributed by atoms with Gasteiger partial charge >= 0.3 is 0 Å². The molecule has 8 heteroatoms. The molecule has 170 valence electrons. The molecule has 1 unspecified atom stereocenters. The molecule has 31 heavy (non-hydrogen) atoms. The molecule has 2 aliphatic heterocycles. The van der Waals surface area contributed by atoms with Gasteiger partial charge in [-0.2, -0.15) is 0 Å². The number of nitrogens with zero attached hydrogens (tertiary/aromatic N) is 3. The van der Waals surface area contributed by atoms with Gasteiger partial charge in [-0.25, -0.2) is 0 Å². The smallest absolute Gasteiger partial charge is 0.228 e. The summed E-state index contributed by atoms with van der Waals surface area (Å²) in [7, 11) is 0. The largest absolute Gasteiger partial charge is 0.492 e. The molecule has 1 atom stereocenters. The zero-order valence-corrected chi connectivity index (χ0v) is 19.1. The third-order valence-electron chi connectivity index (χ3n) is 5.92. The number of halogens is 1. The average Bonchev–Trinajstić information content (AvgIpc) is 2.97. The lowest BCUT2D eigenvalue weighted by molar-refractivity contribution is -0.136. The fraction of sp³-hybridized carbons (Fsp3) is 0.609. The SMILES string of the molecule is CC(C)N1CC(C(=O)N2CCCN(C(=O)CCCOc3ccccc3Cl)CC2)CC1=O. The third-order valence-corrected chi connectivity index (χ3v) is 6.23. The number of hydrogen-bond acceptors (Lipinski definition) is 4. The molecule has 2 heterocycles. The summed E-state index contributed by atoms with van der Waals surface area (Å²) in [6.07, 6.45) is 2.06. The van der Waals surface area contributed by atoms with Crippen LogP contribution in [-0.4, -0.2) is 77.8 Å². The summed E-state index contributed by atoms with van der Waals surface area (Å²) in [5.41, 5.74) is 0. The van der Waals surface area contributed by atoms with Crippen LogP contribution in [0.2, 0.25) is 5.02 Å². The molecule has 0 saturated carbocycles. The summed E-state index contributed by atoms with van der Waals surface area (Å²) in [6, 6.07) is 7.40. The van der Waals surface area contributed by atoms with Gasteiger partial charge in [-0.05, 0) is 38.8 Å². The molecule has 0 radical (unpaired) electrons. The summed E-state index contributed by atoms with van der Waals surface area (Å²) in [5, 5.41) is 0.562. The second kappa shape index (κ2) is 10.8. The van der Waals surface area contributed by atoms with Crippen molar-refractivity contribution in [2.24, 2.45) is 5.92 Å². The van der Waals surface area contributed by atoms with Crippen molar-refractivity contribution < 1.29 is 19.1 Å². The quantitative estimate of drug-likeness (QED) is 0.600. The minimum absolute atomic E-state index is 0.0407. The Kier molecular flexibility index (Phi) is 8.18. The maximum Gasteiger partial charge on any atom is 0.228 e. The van der Waals surface area contributed by atoms with Gasteiger partial charge in [0.2, 0.25) is 17.7 Å². The van der Waals surface area contributed by atoms with Crippen molar-refractivity contribution in [2.45, 2.75) is 45.6 Å². The minimum atomic E-state index is -0.265. The zero-order chi connectivity index (χ0) is 22.4. The fourth-order valence-electron chi connectivity index (χ4n) is 4.17. The minimum Gasteiger partial charge on any atom is -0.492 e. The number of carbonyl (C=O) groups excluding carboxylic acids is 3. The first-order chi connectivity index (χ1) is 14.9. The van der Waals surface area contributed by atoms with Crippen molar-refractivity contribution in [3.63, 3.8) is 0 Å². The third kappa shape index (κ3) is 6.12. The van der Waals surface area contributed by atoms with Crippen molar-refractivity contribution in [1.82, 2.24) is 14.7 Å². The number of hydrogen-bond donors (Lipinski definition) is 0. The van der Waals surface area contributed by atoms with Crippen LogP contribution in [0.15, 0.2) is 24.3 Å². The number of likely N-dealkylation sites (tertiary alicyclic amines) is 1. The second-order valence-electron chi connectivity index (χ2n) is 8.48. The van der Waals surface area contributed by atoms with Crippen LogP contribution in [-0.2, 0) is 14.4 Å². The lowest BCUT2D eigenvalue weighted by Gasteiger charge is -2.25. The van der Waals surface area contributed by atoms with Crippen molar-refractivity contribution in [2.75, 3.05) is 39.3 Å². The van der Waals surface area contributed by atoms with Crippen LogP contribution in [0.3, 0.4) is 0 Å². The number of para-hydroxylation sites is 1. The highest BCUT2D eigenvalue weighted by molar-refractivity contribution is 6.32. The van der Waals surface area contributed by atoms with Gasteiger partial charge in [-0.3, -0.25) is 14.4 Å². The first-order valence-corrected chi connectivity index (χ1v) is 11.5. The fourth-order valence-corrected chi connectivity index (χ4v) is 4.36. The standard InChI is InChI=1S/C23H32ClN3O4/c1-17(2)27-16-18(15-22(27)29)23(30)26-11-6-10-25(12-13-26)21(28)9-5-14-31-20-8-4-3-7-19(20)24/h3-4,7-8,17-18H,5-6,9-16H2,1-2H3. The lowest BCUT2D eigenvalue weighted by atomic mass is 10.1. The second-order valence-corrected chi connectivity index (χ2v) is 8.89. The van der Waals surface area contributed by atoms with E-state index in [2.05, 4.69) is 0 Å². The van der Waals surface area contributed by atoms with Gasteiger partial charge in [-0.15, -0.1) is 0 Å². The van der Waals surface area contributed by atoms with Gasteiger partial charge in [0.25, 0.3) is 0 Å². The Morgan fingerprint density at radius 1 is 1.13 bits per heavy atom. The molecule has 3 rings (SSSR count). The first-order valence-electron chi connectivity index (χ1n) is 11.1. The Morgan fingerprint density at radius 3 is 2.55 bits per heavy atom. The molecular formula is C23H32ClN3O4. The molecule has 0 N–H and O–H groups in total. The normalized spacial score (nSPS) is 19.7. The highest BCUT2D eigenvalue weighted by Crippen LogP contribution is 2.24. The zero-order valence-electron chi connectivity index (χ0n) is 18.4. The van der Waals surface area contributed by atoms with Gasteiger partial charge in [0, 0.05) is 51.6 Å². The van der Waals surface area contributed by atoms with Crippen LogP contribution in [0.5, 0.6) is 5.75 Å². The number of rotatable bonds is 7. The molecule has 2 fully saturated rings. The Bertz CT molecular complexity index is 801. The van der Waals surface area contributed by atoms with Crippen LogP contribution >= 0.6 is 11.6 Å². The molecule has 0 aliphatic carbocycles. The maximum absolute atomic E-state index is 12.9. The number of ether oxygens (including phenoxy) is 1. The first kappa shape index (κ1) is 23.4. The highest BCUT2D eigenvalue weighted by Gasteiger charge is 2.37. The Balaban J connectivity index is 1.42. The number of amides is 3. The average molecular weight is 450 g/mol. The van der Waals surface area contributed by atoms with Gasteiger partial charge < -0.3 is 19.4 Å². The topological polar surface area (TPSA) is 70.2 Å². The van der Waals surface area contributed by atoms with Crippen molar-refractivity contribution >= 4 is 29.3 Å². The molecule has 7 nitrogen and oxygen atoms in total. The van der Waals surface area contributed by atoms with E-state index in [0.717, 1.165) is 6.42 Å². The summed E-state index contributed by atoms with van der Waals surface area (Å²) in [4.78, 5) is 43.1. The van der Waals surface area contributed by atoms with E-state index in [0.29, 0.717) is 69.4 Å². The van der Waals surface area contributed by atoms with E-state index in [1.165, 1.54) is 0 Å². The van der Waals surface area contributed by atoms with E-state index in [1.807, 2.05) is 41.8 Å². The monoisotopic (exact) mass is 449 g/mol. The van der Waals surface area contributed by atoms with E-state index in [-0.39, 0.29) is 29.7 Å². The molecule has 0 aromatic heterocycles. The lowest BCUT2D eigenvalue weighted by Crippen LogP contribution is -2.41. The van der Waals surface area contributed by atoms with Crippen molar-refractivity contribution in [3.8, 4) is 5.75 Å². The predicted molar refractivity (Wildman–Crippen MR) is 119 cm³/mol. The Morgan fingerprint density at radius 2 is 1.84 bits per heavy atom. The molecule has 0 bridgehead atoms. The van der Waals surface area contributed by atoms with Gasteiger partial charge in [0.05, 0.1) is 17.5 Å². The van der Waals surface area contributed by atoms with Crippen molar-refractivity contribution in [3.05, 3.63) is 29.3 Å². The molecular weight excluding hydrogens is 418 g/mol. The summed E-state index contributed by atoms with van der Waals surface area (Å²) >= 11 is 6.07. The van der Waals surface area contributed by atoms with E-state index in [9.17, 15) is 14.4 Å². The van der Waals surface area contributed by atoms with E-state index in [4.69, 9.17) is 16.3 Å². The van der Waals surface area contributed by atoms with Crippen molar-refractivity contribution in [1.29, 1.82) is 0 Å². The molecule has 1 aromatic rings. The number of carbonyl (C=O) groups is 3. The van der Waals surface area contributed by atoms with Crippen LogP contribution < -0.4 is 4.74 Å². The molecule has 2 aliphatic rings. The summed E-state index contributed by atoms with van der Waals surface area (Å²) < 4.78 is 5.65. The van der Waals surface area contributed by atoms with Gasteiger partial charge in [0.15, 0.2) is 0 Å². The van der Waals surface area contributed by atoms with Gasteiger partial charge in [0.1, 0.15) is 5.75 Å². The number of benzene rings is 1. The van der Waals surface area contributed by atoms with Crippen LogP contribution in [0, 0.1) is 5.92 Å². The van der Waals surface area contributed by atoms with Crippen LogP contribution in [0.4, 0.5) is 0 Å². The van der Waals surface area contributed by atoms with Crippen LogP contribution in [0.25, 0.3) is 0 Å². The Labute approximate surface area is 189 Å². The molecule has 0 spiro atoms. The summed E-state index contributed by atoms with van der Waals surface area (Å²) in [6.45, 7) is 7.20.